The van der Waals surface area contributed by atoms with E-state index in [4.69, 9.17) is 0 Å². The van der Waals surface area contributed by atoms with Crippen molar-refractivity contribution >= 4 is 17.5 Å². The molecule has 0 radical (unpaired) electrons. The van der Waals surface area contributed by atoms with Gasteiger partial charge in [0.1, 0.15) is 0 Å². The van der Waals surface area contributed by atoms with Crippen molar-refractivity contribution in [1.82, 2.24) is 15.1 Å². The number of nitrogens with zero attached hydrogens (tertiary/aromatic N) is 2. The molecule has 2 aromatic rings. The number of carbonyl (C=O) groups is 2. The van der Waals surface area contributed by atoms with Crippen LogP contribution >= 0.6 is 0 Å². The van der Waals surface area contributed by atoms with Crippen LogP contribution in [0.5, 0.6) is 0 Å². The highest BCUT2D eigenvalue weighted by Crippen LogP contribution is 2.21. The molecule has 2 rings (SSSR count). The molecule has 0 aliphatic rings. The number of hydrogen-bond acceptors (Lipinski definition) is 3. The molecule has 0 aliphatic carbocycles. The molecule has 0 saturated heterocycles. The summed E-state index contributed by atoms with van der Waals surface area (Å²) in [6.45, 7) is 6.95. The first kappa shape index (κ1) is 16.7. The number of anilines is 1. The van der Waals surface area contributed by atoms with E-state index < -0.39 is 11.8 Å². The predicted octanol–water partition coefficient (Wildman–Crippen LogP) is 1.95. The Bertz CT molecular complexity index is 670. The van der Waals surface area contributed by atoms with Crippen molar-refractivity contribution in [2.24, 2.45) is 0 Å². The monoisotopic (exact) mass is 314 g/mol. The minimum Gasteiger partial charge on any atom is -0.348 e. The summed E-state index contributed by atoms with van der Waals surface area (Å²) in [6.07, 6.45) is 4.28. The topological polar surface area (TPSA) is 76.0 Å². The van der Waals surface area contributed by atoms with E-state index in [9.17, 15) is 9.59 Å². The van der Waals surface area contributed by atoms with Gasteiger partial charge in [0.2, 0.25) is 0 Å². The van der Waals surface area contributed by atoms with Gasteiger partial charge in [-0.25, -0.2) is 0 Å². The van der Waals surface area contributed by atoms with Crippen LogP contribution in [0.2, 0.25) is 0 Å². The minimum atomic E-state index is -0.640. The number of rotatable bonds is 5. The van der Waals surface area contributed by atoms with Gasteiger partial charge in [-0.2, -0.15) is 5.10 Å². The number of aryl methyl sites for hydroxylation is 4. The second kappa shape index (κ2) is 7.58. The van der Waals surface area contributed by atoms with Crippen molar-refractivity contribution in [3.05, 3.63) is 47.3 Å². The van der Waals surface area contributed by atoms with Gasteiger partial charge in [-0.1, -0.05) is 17.7 Å². The molecule has 6 nitrogen and oxygen atoms in total. The lowest BCUT2D eigenvalue weighted by Gasteiger charge is -2.12. The highest BCUT2D eigenvalue weighted by molar-refractivity contribution is 6.39. The van der Waals surface area contributed by atoms with Crippen molar-refractivity contribution in [3.8, 4) is 0 Å². The van der Waals surface area contributed by atoms with Gasteiger partial charge in [0, 0.05) is 31.2 Å². The lowest BCUT2D eigenvalue weighted by Crippen LogP contribution is -2.36. The highest BCUT2D eigenvalue weighted by Gasteiger charge is 2.15. The predicted molar refractivity (Wildman–Crippen MR) is 89.1 cm³/mol. The molecule has 0 bridgehead atoms. The number of aromatic nitrogens is 2. The van der Waals surface area contributed by atoms with E-state index in [0.29, 0.717) is 25.2 Å². The fourth-order valence-corrected chi connectivity index (χ4v) is 2.50. The molecule has 0 aliphatic heterocycles. The normalized spacial score (nSPS) is 10.4. The molecule has 1 heterocycles. The highest BCUT2D eigenvalue weighted by atomic mass is 16.2. The second-order valence-electron chi connectivity index (χ2n) is 5.61. The Morgan fingerprint density at radius 1 is 1.13 bits per heavy atom. The van der Waals surface area contributed by atoms with Gasteiger partial charge in [0.05, 0.1) is 0 Å². The van der Waals surface area contributed by atoms with Crippen LogP contribution in [-0.2, 0) is 16.1 Å². The van der Waals surface area contributed by atoms with Crippen molar-refractivity contribution in [2.75, 3.05) is 11.9 Å². The first-order valence-electron chi connectivity index (χ1n) is 7.62. The van der Waals surface area contributed by atoms with Gasteiger partial charge in [-0.15, -0.1) is 0 Å². The number of carbonyl (C=O) groups excluding carboxylic acids is 2. The van der Waals surface area contributed by atoms with Gasteiger partial charge < -0.3 is 10.6 Å². The quantitative estimate of drug-likeness (QED) is 0.654. The van der Waals surface area contributed by atoms with Crippen LogP contribution in [0, 0.1) is 20.8 Å². The third kappa shape index (κ3) is 4.67. The van der Waals surface area contributed by atoms with E-state index in [2.05, 4.69) is 15.7 Å². The SMILES string of the molecule is Cc1cc(C)c(NC(=O)C(=O)NCCCn2cccn2)c(C)c1. The smallest absolute Gasteiger partial charge is 0.313 e. The molecule has 0 spiro atoms. The molecular formula is C17H22N4O2. The average Bonchev–Trinajstić information content (AvgIpc) is 3.00. The lowest BCUT2D eigenvalue weighted by molar-refractivity contribution is -0.136. The summed E-state index contributed by atoms with van der Waals surface area (Å²) < 4.78 is 1.78. The zero-order valence-electron chi connectivity index (χ0n) is 13.7. The van der Waals surface area contributed by atoms with E-state index in [1.807, 2.05) is 45.2 Å². The Hall–Kier alpha value is -2.63. The Morgan fingerprint density at radius 3 is 2.43 bits per heavy atom. The molecular weight excluding hydrogens is 292 g/mol. The van der Waals surface area contributed by atoms with Crippen LogP contribution in [0.4, 0.5) is 5.69 Å². The number of amides is 2. The maximum atomic E-state index is 12.0. The maximum Gasteiger partial charge on any atom is 0.313 e. The summed E-state index contributed by atoms with van der Waals surface area (Å²) in [5, 5.41) is 9.39. The summed E-state index contributed by atoms with van der Waals surface area (Å²) in [6, 6.07) is 5.80. The van der Waals surface area contributed by atoms with Crippen molar-refractivity contribution < 1.29 is 9.59 Å². The summed E-state index contributed by atoms with van der Waals surface area (Å²) in [5.74, 6) is -1.26. The van der Waals surface area contributed by atoms with E-state index >= 15 is 0 Å². The molecule has 1 aromatic carbocycles. The third-order valence-corrected chi connectivity index (χ3v) is 3.53. The van der Waals surface area contributed by atoms with Gasteiger partial charge in [-0.3, -0.25) is 14.3 Å². The molecule has 0 saturated carbocycles. The summed E-state index contributed by atoms with van der Waals surface area (Å²) in [4.78, 5) is 23.8. The van der Waals surface area contributed by atoms with Crippen LogP contribution in [0.25, 0.3) is 0 Å². The molecule has 2 amide bonds. The number of nitrogens with one attached hydrogen (secondary N) is 2. The first-order chi connectivity index (χ1) is 11.0. The minimum absolute atomic E-state index is 0.429. The molecule has 1 aromatic heterocycles. The second-order valence-corrected chi connectivity index (χ2v) is 5.61. The molecule has 0 unspecified atom stereocenters. The zero-order chi connectivity index (χ0) is 16.8. The lowest BCUT2D eigenvalue weighted by atomic mass is 10.1. The van der Waals surface area contributed by atoms with Crippen LogP contribution in [0.15, 0.2) is 30.6 Å². The average molecular weight is 314 g/mol. The first-order valence-corrected chi connectivity index (χ1v) is 7.62. The molecule has 0 atom stereocenters. The zero-order valence-corrected chi connectivity index (χ0v) is 13.7. The van der Waals surface area contributed by atoms with E-state index in [1.54, 1.807) is 10.9 Å². The standard InChI is InChI=1S/C17H22N4O2/c1-12-10-13(2)15(14(3)11-12)20-17(23)16(22)18-6-4-8-21-9-5-7-19-21/h5,7,9-11H,4,6,8H2,1-3H3,(H,18,22)(H,20,23). The van der Waals surface area contributed by atoms with Crippen molar-refractivity contribution in [2.45, 2.75) is 33.7 Å². The Morgan fingerprint density at radius 2 is 1.83 bits per heavy atom. The molecule has 122 valence electrons. The van der Waals surface area contributed by atoms with Crippen molar-refractivity contribution in [1.29, 1.82) is 0 Å². The van der Waals surface area contributed by atoms with Crippen LogP contribution in [0.1, 0.15) is 23.1 Å². The number of hydrogen-bond donors (Lipinski definition) is 2. The van der Waals surface area contributed by atoms with Crippen LogP contribution < -0.4 is 10.6 Å². The fourth-order valence-electron chi connectivity index (χ4n) is 2.50. The number of benzene rings is 1. The molecule has 0 fully saturated rings. The summed E-state index contributed by atoms with van der Waals surface area (Å²) in [5.41, 5.74) is 3.72. The largest absolute Gasteiger partial charge is 0.348 e. The van der Waals surface area contributed by atoms with Crippen molar-refractivity contribution in [3.63, 3.8) is 0 Å². The van der Waals surface area contributed by atoms with Gasteiger partial charge in [-0.05, 0) is 44.4 Å². The van der Waals surface area contributed by atoms with Crippen LogP contribution in [0.3, 0.4) is 0 Å². The molecule has 2 N–H and O–H groups in total. The summed E-state index contributed by atoms with van der Waals surface area (Å²) >= 11 is 0. The van der Waals surface area contributed by atoms with E-state index in [-0.39, 0.29) is 0 Å². The molecule has 6 heteroatoms. The Kier molecular flexibility index (Phi) is 5.51. The van der Waals surface area contributed by atoms with E-state index in [1.165, 1.54) is 0 Å². The Balaban J connectivity index is 1.82. The third-order valence-electron chi connectivity index (χ3n) is 3.53. The van der Waals surface area contributed by atoms with Crippen LogP contribution in [-0.4, -0.2) is 28.1 Å². The fraction of sp³-hybridized carbons (Fsp3) is 0.353. The van der Waals surface area contributed by atoms with Gasteiger partial charge in [0.25, 0.3) is 0 Å². The summed E-state index contributed by atoms with van der Waals surface area (Å²) in [7, 11) is 0. The maximum absolute atomic E-state index is 12.0. The Labute approximate surface area is 135 Å². The van der Waals surface area contributed by atoms with E-state index in [0.717, 1.165) is 16.7 Å². The molecule has 23 heavy (non-hydrogen) atoms. The van der Waals surface area contributed by atoms with Gasteiger partial charge in [0.15, 0.2) is 0 Å². The van der Waals surface area contributed by atoms with Gasteiger partial charge >= 0.3 is 11.8 Å².